The van der Waals surface area contributed by atoms with Gasteiger partial charge in [-0.15, -0.1) is 0 Å². The molecule has 5 heteroatoms. The van der Waals surface area contributed by atoms with Crippen molar-refractivity contribution in [2.24, 2.45) is 0 Å². The summed E-state index contributed by atoms with van der Waals surface area (Å²) in [7, 11) is 0. The number of anilines is 2. The molecule has 1 atom stereocenters. The molecule has 0 radical (unpaired) electrons. The molecule has 0 aliphatic carbocycles. The molecule has 0 aromatic heterocycles. The summed E-state index contributed by atoms with van der Waals surface area (Å²) >= 11 is 5.87. The van der Waals surface area contributed by atoms with Gasteiger partial charge in [0.1, 0.15) is 6.04 Å². The first kappa shape index (κ1) is 12.6. The fourth-order valence-electron chi connectivity index (χ4n) is 1.29. The maximum atomic E-state index is 11.5. The quantitative estimate of drug-likeness (QED) is 0.705. The van der Waals surface area contributed by atoms with Crippen LogP contribution in [0.5, 0.6) is 0 Å². The van der Waals surface area contributed by atoms with Gasteiger partial charge >= 0.3 is 0 Å². The maximum Gasteiger partial charge on any atom is 0.242 e. The summed E-state index contributed by atoms with van der Waals surface area (Å²) in [5.41, 5.74) is 6.91. The van der Waals surface area contributed by atoms with E-state index in [4.69, 9.17) is 17.3 Å². The fourth-order valence-corrected chi connectivity index (χ4v) is 1.46. The number of nitrogens with one attached hydrogen (secondary N) is 2. The van der Waals surface area contributed by atoms with E-state index in [1.54, 1.807) is 25.1 Å². The van der Waals surface area contributed by atoms with Crippen LogP contribution >= 0.6 is 11.6 Å². The minimum atomic E-state index is -0.347. The van der Waals surface area contributed by atoms with E-state index in [1.165, 1.54) is 0 Å². The molecule has 0 spiro atoms. The Kier molecular flexibility index (Phi) is 4.43. The number of likely N-dealkylation sites (N-methyl/N-ethyl adjacent to an activating group) is 1. The van der Waals surface area contributed by atoms with Gasteiger partial charge in [0.25, 0.3) is 0 Å². The van der Waals surface area contributed by atoms with Crippen LogP contribution in [0.4, 0.5) is 11.4 Å². The predicted octanol–water partition coefficient (Wildman–Crippen LogP) is 1.86. The minimum absolute atomic E-state index is 0.0677. The van der Waals surface area contributed by atoms with E-state index in [0.29, 0.717) is 22.9 Å². The molecule has 1 unspecified atom stereocenters. The average molecular weight is 242 g/mol. The topological polar surface area (TPSA) is 67.2 Å². The summed E-state index contributed by atoms with van der Waals surface area (Å²) in [6.45, 7) is 4.25. The summed E-state index contributed by atoms with van der Waals surface area (Å²) in [5.74, 6) is -0.0677. The average Bonchev–Trinajstić information content (AvgIpc) is 2.25. The third kappa shape index (κ3) is 3.03. The van der Waals surface area contributed by atoms with Gasteiger partial charge in [-0.3, -0.25) is 4.79 Å². The standard InChI is InChI=1S/C11H16ClN3O/c1-3-14-11(16)7(2)15-9-6-4-5-8(12)10(9)13/h4-7,15H,3,13H2,1-2H3,(H,14,16). The zero-order chi connectivity index (χ0) is 12.1. The molecule has 1 amide bonds. The van der Waals surface area contributed by atoms with Crippen molar-refractivity contribution in [3.8, 4) is 0 Å². The Morgan fingerprint density at radius 1 is 1.56 bits per heavy atom. The van der Waals surface area contributed by atoms with Crippen LogP contribution in [-0.2, 0) is 4.79 Å². The SMILES string of the molecule is CCNC(=O)C(C)Nc1cccc(Cl)c1N. The molecule has 0 aliphatic heterocycles. The Labute approximate surface area is 100 Å². The first-order valence-electron chi connectivity index (χ1n) is 5.14. The Morgan fingerprint density at radius 2 is 2.25 bits per heavy atom. The molecule has 0 fully saturated rings. The third-order valence-corrected chi connectivity index (χ3v) is 2.50. The highest BCUT2D eigenvalue weighted by Crippen LogP contribution is 2.27. The first-order valence-corrected chi connectivity index (χ1v) is 5.52. The molecule has 0 bridgehead atoms. The van der Waals surface area contributed by atoms with E-state index < -0.39 is 0 Å². The Morgan fingerprint density at radius 3 is 2.88 bits per heavy atom. The number of benzene rings is 1. The molecule has 0 saturated carbocycles. The van der Waals surface area contributed by atoms with Crippen molar-refractivity contribution in [3.05, 3.63) is 23.2 Å². The zero-order valence-corrected chi connectivity index (χ0v) is 10.1. The number of para-hydroxylation sites is 1. The Hall–Kier alpha value is -1.42. The first-order chi connectivity index (χ1) is 7.56. The van der Waals surface area contributed by atoms with E-state index in [9.17, 15) is 4.79 Å². The molecule has 4 N–H and O–H groups in total. The summed E-state index contributed by atoms with van der Waals surface area (Å²) in [6.07, 6.45) is 0. The lowest BCUT2D eigenvalue weighted by atomic mass is 10.2. The van der Waals surface area contributed by atoms with Gasteiger partial charge < -0.3 is 16.4 Å². The summed E-state index contributed by atoms with van der Waals surface area (Å²) in [5, 5.41) is 6.22. The van der Waals surface area contributed by atoms with Gasteiger partial charge in [-0.25, -0.2) is 0 Å². The summed E-state index contributed by atoms with van der Waals surface area (Å²) in [4.78, 5) is 11.5. The van der Waals surface area contributed by atoms with Gasteiger partial charge in [0.05, 0.1) is 16.4 Å². The van der Waals surface area contributed by atoms with E-state index in [1.807, 2.05) is 6.92 Å². The van der Waals surface area contributed by atoms with Gasteiger partial charge in [0.2, 0.25) is 5.91 Å². The number of rotatable bonds is 4. The third-order valence-electron chi connectivity index (χ3n) is 2.17. The predicted molar refractivity (Wildman–Crippen MR) is 67.6 cm³/mol. The lowest BCUT2D eigenvalue weighted by molar-refractivity contribution is -0.121. The normalized spacial score (nSPS) is 11.9. The molecule has 4 nitrogen and oxygen atoms in total. The Balaban J connectivity index is 2.73. The van der Waals surface area contributed by atoms with Crippen LogP contribution in [0.25, 0.3) is 0 Å². The number of nitrogen functional groups attached to an aromatic ring is 1. The lowest BCUT2D eigenvalue weighted by Gasteiger charge is -2.16. The smallest absolute Gasteiger partial charge is 0.242 e. The second-order valence-electron chi connectivity index (χ2n) is 3.46. The van der Waals surface area contributed by atoms with Crippen molar-refractivity contribution in [1.82, 2.24) is 5.32 Å². The van der Waals surface area contributed by atoms with E-state index in [-0.39, 0.29) is 11.9 Å². The summed E-state index contributed by atoms with van der Waals surface area (Å²) < 4.78 is 0. The Bertz CT molecular complexity index is 381. The molecule has 1 aromatic rings. The van der Waals surface area contributed by atoms with Crippen LogP contribution in [-0.4, -0.2) is 18.5 Å². The van der Waals surface area contributed by atoms with Crippen LogP contribution in [0, 0.1) is 0 Å². The number of carbonyl (C=O) groups is 1. The van der Waals surface area contributed by atoms with Crippen molar-refractivity contribution < 1.29 is 4.79 Å². The van der Waals surface area contributed by atoms with Crippen molar-refractivity contribution >= 4 is 28.9 Å². The second-order valence-corrected chi connectivity index (χ2v) is 3.87. The molecule has 1 rings (SSSR count). The molecule has 0 heterocycles. The van der Waals surface area contributed by atoms with Crippen molar-refractivity contribution in [1.29, 1.82) is 0 Å². The number of carbonyl (C=O) groups excluding carboxylic acids is 1. The second kappa shape index (κ2) is 5.61. The number of nitrogens with two attached hydrogens (primary N) is 1. The van der Waals surface area contributed by atoms with Crippen LogP contribution in [0.3, 0.4) is 0 Å². The van der Waals surface area contributed by atoms with E-state index in [0.717, 1.165) is 0 Å². The van der Waals surface area contributed by atoms with Crippen molar-refractivity contribution in [2.45, 2.75) is 19.9 Å². The highest BCUT2D eigenvalue weighted by molar-refractivity contribution is 6.33. The zero-order valence-electron chi connectivity index (χ0n) is 9.38. The molecule has 1 aromatic carbocycles. The number of amides is 1. The number of hydrogen-bond donors (Lipinski definition) is 3. The van der Waals surface area contributed by atoms with Gasteiger partial charge in [0.15, 0.2) is 0 Å². The van der Waals surface area contributed by atoms with E-state index >= 15 is 0 Å². The monoisotopic (exact) mass is 241 g/mol. The number of halogens is 1. The summed E-state index contributed by atoms with van der Waals surface area (Å²) in [6, 6.07) is 4.93. The van der Waals surface area contributed by atoms with Crippen LogP contribution in [0.15, 0.2) is 18.2 Å². The van der Waals surface area contributed by atoms with Gasteiger partial charge in [-0.1, -0.05) is 17.7 Å². The van der Waals surface area contributed by atoms with Gasteiger partial charge in [-0.05, 0) is 26.0 Å². The largest absolute Gasteiger partial charge is 0.396 e. The molecular weight excluding hydrogens is 226 g/mol. The fraction of sp³-hybridized carbons (Fsp3) is 0.364. The van der Waals surface area contributed by atoms with Crippen molar-refractivity contribution in [3.63, 3.8) is 0 Å². The highest BCUT2D eigenvalue weighted by Gasteiger charge is 2.13. The molecule has 88 valence electrons. The van der Waals surface area contributed by atoms with E-state index in [2.05, 4.69) is 10.6 Å². The minimum Gasteiger partial charge on any atom is -0.396 e. The molecule has 16 heavy (non-hydrogen) atoms. The van der Waals surface area contributed by atoms with Gasteiger partial charge in [0, 0.05) is 6.54 Å². The van der Waals surface area contributed by atoms with Crippen molar-refractivity contribution in [2.75, 3.05) is 17.6 Å². The molecule has 0 aliphatic rings. The number of hydrogen-bond acceptors (Lipinski definition) is 3. The highest BCUT2D eigenvalue weighted by atomic mass is 35.5. The maximum absolute atomic E-state index is 11.5. The molecular formula is C11H16ClN3O. The lowest BCUT2D eigenvalue weighted by Crippen LogP contribution is -2.37. The molecule has 0 saturated heterocycles. The van der Waals surface area contributed by atoms with Crippen LogP contribution < -0.4 is 16.4 Å². The van der Waals surface area contributed by atoms with Crippen LogP contribution in [0.1, 0.15) is 13.8 Å². The van der Waals surface area contributed by atoms with Crippen LogP contribution in [0.2, 0.25) is 5.02 Å². The van der Waals surface area contributed by atoms with Gasteiger partial charge in [-0.2, -0.15) is 0 Å².